The number of carbonyl (C=O) groups is 4. The topological polar surface area (TPSA) is 124 Å². The van der Waals surface area contributed by atoms with Gasteiger partial charge >= 0.3 is 5.97 Å². The van der Waals surface area contributed by atoms with Crippen LogP contribution in [0.2, 0.25) is 0 Å². The SMILES string of the molecule is O=C(COC(=O)c1cccc(N2C(=O)[C@@H]3[C@H]4C=C[C@H]([C@H]5C[C@H]45)[C@@H]3C2=O)c1)c1cccc([N+](=O)[O-])c1. The van der Waals surface area contributed by atoms with Crippen molar-refractivity contribution in [3.63, 3.8) is 0 Å². The van der Waals surface area contributed by atoms with Crippen molar-refractivity contribution < 1.29 is 28.8 Å². The normalized spacial score (nSPS) is 29.5. The molecule has 2 aromatic carbocycles. The smallest absolute Gasteiger partial charge is 0.338 e. The van der Waals surface area contributed by atoms with Crippen LogP contribution in [0.15, 0.2) is 60.7 Å². The van der Waals surface area contributed by atoms with Crippen LogP contribution in [-0.2, 0) is 14.3 Å². The summed E-state index contributed by atoms with van der Waals surface area (Å²) in [5.41, 5.74) is 0.213. The monoisotopic (exact) mass is 472 g/mol. The highest BCUT2D eigenvalue weighted by atomic mass is 16.6. The predicted octanol–water partition coefficient (Wildman–Crippen LogP) is 3.19. The number of hydrogen-bond donors (Lipinski definition) is 0. The quantitative estimate of drug-likeness (QED) is 0.158. The Kier molecular flexibility index (Phi) is 4.70. The van der Waals surface area contributed by atoms with E-state index in [4.69, 9.17) is 4.74 Å². The summed E-state index contributed by atoms with van der Waals surface area (Å²) in [5, 5.41) is 10.9. The first-order valence-electron chi connectivity index (χ1n) is 11.5. The van der Waals surface area contributed by atoms with Gasteiger partial charge in [-0.3, -0.25) is 24.5 Å². The lowest BCUT2D eigenvalue weighted by atomic mass is 9.63. The van der Waals surface area contributed by atoms with Crippen molar-refractivity contribution in [2.75, 3.05) is 11.5 Å². The van der Waals surface area contributed by atoms with E-state index in [-0.39, 0.29) is 52.3 Å². The molecule has 0 unspecified atom stereocenters. The van der Waals surface area contributed by atoms with E-state index in [1.165, 1.54) is 35.2 Å². The molecule has 176 valence electrons. The highest BCUT2D eigenvalue weighted by molar-refractivity contribution is 6.23. The average Bonchev–Trinajstić information content (AvgIpc) is 3.65. The lowest BCUT2D eigenvalue weighted by Crippen LogP contribution is -2.40. The van der Waals surface area contributed by atoms with E-state index < -0.39 is 23.3 Å². The van der Waals surface area contributed by atoms with E-state index in [0.717, 1.165) is 12.5 Å². The molecule has 1 aliphatic heterocycles. The summed E-state index contributed by atoms with van der Waals surface area (Å²) >= 11 is 0. The van der Waals surface area contributed by atoms with Crippen LogP contribution in [0.3, 0.4) is 0 Å². The number of allylic oxidation sites excluding steroid dienone is 2. The number of rotatable bonds is 6. The highest BCUT2D eigenvalue weighted by Gasteiger charge is 2.67. The number of hydrogen-bond acceptors (Lipinski definition) is 7. The summed E-state index contributed by atoms with van der Waals surface area (Å²) < 4.78 is 5.12. The number of nitro benzene ring substituents is 1. The Bertz CT molecular complexity index is 1310. The number of imide groups is 1. The van der Waals surface area contributed by atoms with Crippen molar-refractivity contribution >= 4 is 34.9 Å². The van der Waals surface area contributed by atoms with E-state index in [9.17, 15) is 29.3 Å². The molecule has 2 bridgehead atoms. The van der Waals surface area contributed by atoms with Gasteiger partial charge < -0.3 is 4.74 Å². The van der Waals surface area contributed by atoms with E-state index in [2.05, 4.69) is 12.2 Å². The van der Waals surface area contributed by atoms with E-state index in [1.807, 2.05) is 0 Å². The molecule has 9 nitrogen and oxygen atoms in total. The van der Waals surface area contributed by atoms with Gasteiger partial charge in [-0.15, -0.1) is 0 Å². The van der Waals surface area contributed by atoms with Crippen LogP contribution < -0.4 is 4.90 Å². The molecule has 0 radical (unpaired) electrons. The Hall–Kier alpha value is -4.14. The Morgan fingerprint density at radius 1 is 0.943 bits per heavy atom. The van der Waals surface area contributed by atoms with Gasteiger partial charge in [0.1, 0.15) is 0 Å². The Balaban J connectivity index is 1.17. The maximum atomic E-state index is 13.3. The van der Waals surface area contributed by atoms with E-state index in [1.54, 1.807) is 12.1 Å². The van der Waals surface area contributed by atoms with Gasteiger partial charge in [0.25, 0.3) is 5.69 Å². The van der Waals surface area contributed by atoms with E-state index in [0.29, 0.717) is 17.5 Å². The molecule has 9 heteroatoms. The predicted molar refractivity (Wildman–Crippen MR) is 121 cm³/mol. The number of ketones is 1. The van der Waals surface area contributed by atoms with Crippen LogP contribution in [0, 0.1) is 45.6 Å². The number of amides is 2. The van der Waals surface area contributed by atoms with Crippen LogP contribution in [0.4, 0.5) is 11.4 Å². The summed E-state index contributed by atoms with van der Waals surface area (Å²) in [6.07, 6.45) is 5.27. The second-order valence-corrected chi connectivity index (χ2v) is 9.52. The minimum Gasteiger partial charge on any atom is -0.454 e. The summed E-state index contributed by atoms with van der Waals surface area (Å²) in [6.45, 7) is -0.603. The number of benzene rings is 2. The van der Waals surface area contributed by atoms with Crippen LogP contribution >= 0.6 is 0 Å². The first kappa shape index (κ1) is 21.4. The van der Waals surface area contributed by atoms with Crippen LogP contribution in [0.25, 0.3) is 0 Å². The molecule has 5 aliphatic rings. The van der Waals surface area contributed by atoms with Gasteiger partial charge in [-0.1, -0.05) is 30.4 Å². The molecule has 6 atom stereocenters. The van der Waals surface area contributed by atoms with Gasteiger partial charge in [-0.05, 0) is 48.3 Å². The molecule has 3 fully saturated rings. The molecule has 2 aromatic rings. The fraction of sp³-hybridized carbons (Fsp3) is 0.308. The Morgan fingerprint density at radius 2 is 1.57 bits per heavy atom. The second-order valence-electron chi connectivity index (χ2n) is 9.52. The summed E-state index contributed by atoms with van der Waals surface area (Å²) in [4.78, 5) is 63.1. The zero-order chi connectivity index (χ0) is 24.4. The van der Waals surface area contributed by atoms with Crippen molar-refractivity contribution in [2.45, 2.75) is 6.42 Å². The molecule has 0 N–H and O–H groups in total. The minimum atomic E-state index is -0.801. The fourth-order valence-electron chi connectivity index (χ4n) is 6.07. The molecule has 1 saturated heterocycles. The Morgan fingerprint density at radius 3 is 2.23 bits per heavy atom. The number of nitrogens with zero attached hydrogens (tertiary/aromatic N) is 2. The fourth-order valence-corrected chi connectivity index (χ4v) is 6.07. The summed E-state index contributed by atoms with van der Waals surface area (Å²) in [7, 11) is 0. The molecule has 4 aliphatic carbocycles. The number of carbonyl (C=O) groups excluding carboxylic acids is 4. The van der Waals surface area contributed by atoms with Gasteiger partial charge in [0.2, 0.25) is 17.6 Å². The van der Waals surface area contributed by atoms with Crippen molar-refractivity contribution in [1.82, 2.24) is 0 Å². The maximum Gasteiger partial charge on any atom is 0.338 e. The lowest BCUT2D eigenvalue weighted by Gasteiger charge is -2.37. The molecule has 1 heterocycles. The maximum absolute atomic E-state index is 13.3. The van der Waals surface area contributed by atoms with Crippen LogP contribution in [-0.4, -0.2) is 35.1 Å². The second kappa shape index (κ2) is 7.69. The number of nitro groups is 1. The van der Waals surface area contributed by atoms with Gasteiger partial charge in [0.15, 0.2) is 6.61 Å². The standard InChI is InChI=1S/C26H20N2O7/c29-21(13-3-1-6-16(9-13)28(33)34)12-35-26(32)14-4-2-5-15(10-14)27-24(30)22-17-7-8-18(20-11-19(17)20)23(22)25(27)31/h1-10,17-20,22-23H,11-12H2/t17-,18+,19-,20-,22+,23-/m1/s1. The third kappa shape index (κ3) is 3.30. The molecule has 2 saturated carbocycles. The molecular formula is C26H20N2O7. The Labute approximate surface area is 199 Å². The molecular weight excluding hydrogens is 452 g/mol. The van der Waals surface area contributed by atoms with Gasteiger partial charge in [-0.2, -0.15) is 0 Å². The van der Waals surface area contributed by atoms with Gasteiger partial charge in [0, 0.05) is 17.7 Å². The number of esters is 1. The van der Waals surface area contributed by atoms with Crippen molar-refractivity contribution in [1.29, 1.82) is 0 Å². The molecule has 35 heavy (non-hydrogen) atoms. The lowest BCUT2D eigenvalue weighted by molar-refractivity contribution is -0.384. The minimum absolute atomic E-state index is 0.0536. The number of anilines is 1. The van der Waals surface area contributed by atoms with Crippen LogP contribution in [0.1, 0.15) is 27.1 Å². The zero-order valence-corrected chi connectivity index (χ0v) is 18.4. The number of Topliss-reactive ketones (excluding diaryl/α,β-unsaturated/α-hetero) is 1. The molecule has 2 amide bonds. The first-order chi connectivity index (χ1) is 16.8. The summed E-state index contributed by atoms with van der Waals surface area (Å²) in [6, 6.07) is 11.2. The van der Waals surface area contributed by atoms with E-state index >= 15 is 0 Å². The third-order valence-corrected chi connectivity index (χ3v) is 7.72. The van der Waals surface area contributed by atoms with Gasteiger partial charge in [0.05, 0.1) is 28.0 Å². The highest BCUT2D eigenvalue weighted by Crippen LogP contribution is 2.65. The number of ether oxygens (including phenoxy) is 1. The molecule has 0 aromatic heterocycles. The largest absolute Gasteiger partial charge is 0.454 e. The average molecular weight is 472 g/mol. The van der Waals surface area contributed by atoms with Crippen molar-refractivity contribution in [3.05, 3.63) is 81.9 Å². The first-order valence-corrected chi connectivity index (χ1v) is 11.5. The zero-order valence-electron chi connectivity index (χ0n) is 18.4. The molecule has 7 rings (SSSR count). The van der Waals surface area contributed by atoms with Crippen molar-refractivity contribution in [3.8, 4) is 0 Å². The van der Waals surface area contributed by atoms with Gasteiger partial charge in [-0.25, -0.2) is 9.69 Å². The third-order valence-electron chi connectivity index (χ3n) is 7.72. The van der Waals surface area contributed by atoms with Crippen LogP contribution in [0.5, 0.6) is 0 Å². The number of non-ortho nitro benzene ring substituents is 1. The summed E-state index contributed by atoms with van der Waals surface area (Å²) in [5.74, 6) is -1.34. The molecule has 0 spiro atoms. The van der Waals surface area contributed by atoms with Crippen molar-refractivity contribution in [2.24, 2.45) is 35.5 Å².